The van der Waals surface area contributed by atoms with Gasteiger partial charge in [0.05, 0.1) is 29.8 Å². The van der Waals surface area contributed by atoms with E-state index in [1.165, 1.54) is 0 Å². The van der Waals surface area contributed by atoms with Crippen molar-refractivity contribution >= 4 is 52.2 Å². The highest BCUT2D eigenvalue weighted by Gasteiger charge is 2.35. The maximum absolute atomic E-state index is 14.5. The van der Waals surface area contributed by atoms with E-state index in [9.17, 15) is 9.36 Å². The molecule has 44 heavy (non-hydrogen) atoms. The second-order valence-electron chi connectivity index (χ2n) is 10.8. The number of aromatic nitrogens is 3. The average Bonchev–Trinajstić information content (AvgIpc) is 3.34. The van der Waals surface area contributed by atoms with Gasteiger partial charge < -0.3 is 24.3 Å². The normalized spacial score (nSPS) is 14.6. The molecule has 0 unspecified atom stereocenters. The van der Waals surface area contributed by atoms with Crippen molar-refractivity contribution in [1.82, 2.24) is 19.6 Å². The molecule has 5 aromatic rings. The van der Waals surface area contributed by atoms with Gasteiger partial charge in [-0.25, -0.2) is 14.5 Å². The van der Waals surface area contributed by atoms with Gasteiger partial charge in [-0.2, -0.15) is 5.09 Å². The van der Waals surface area contributed by atoms with Gasteiger partial charge in [-0.05, 0) is 52.1 Å². The van der Waals surface area contributed by atoms with Crippen molar-refractivity contribution in [3.05, 3.63) is 72.6 Å². The summed E-state index contributed by atoms with van der Waals surface area (Å²) < 4.78 is 39.9. The summed E-state index contributed by atoms with van der Waals surface area (Å²) in [6.07, 6.45) is -1.04. The fourth-order valence-electron chi connectivity index (χ4n) is 5.04. The Labute approximate surface area is 256 Å². The fourth-order valence-corrected chi connectivity index (χ4v) is 6.73. The standard InChI is InChI=1S/C32H38N5O6P/c1-6-40-19-28-35-29-30(25-15-9-10-16-26(25)34-31(29)33)37(28)18-21(4)42-44(39,36-22(5)32(38)41-20(2)3)43-27-17-11-13-23-12-7-8-14-24(23)27/h7-17,20-22H,6,18-19H2,1-5H3,(H2,33,34)(H,36,39)/t21-,22-,44-/m0/s1. The number of nitrogens with one attached hydrogen (secondary N) is 1. The Morgan fingerprint density at radius 2 is 1.68 bits per heavy atom. The molecule has 0 saturated carbocycles. The molecule has 0 aliphatic rings. The largest absolute Gasteiger partial charge is 0.462 e. The lowest BCUT2D eigenvalue weighted by molar-refractivity contribution is -0.149. The molecule has 11 nitrogen and oxygen atoms in total. The molecule has 0 bridgehead atoms. The minimum Gasteiger partial charge on any atom is -0.462 e. The van der Waals surface area contributed by atoms with Crippen molar-refractivity contribution in [2.75, 3.05) is 12.3 Å². The van der Waals surface area contributed by atoms with Crippen molar-refractivity contribution < 1.29 is 27.9 Å². The van der Waals surface area contributed by atoms with Gasteiger partial charge in [0.25, 0.3) is 0 Å². The summed E-state index contributed by atoms with van der Waals surface area (Å²) in [6.45, 7) is 9.68. The highest BCUT2D eigenvalue weighted by molar-refractivity contribution is 7.52. The highest BCUT2D eigenvalue weighted by Crippen LogP contribution is 2.48. The van der Waals surface area contributed by atoms with E-state index in [2.05, 4.69) is 10.1 Å². The van der Waals surface area contributed by atoms with Crippen molar-refractivity contribution in [1.29, 1.82) is 0 Å². The maximum Gasteiger partial charge on any atom is 0.459 e. The van der Waals surface area contributed by atoms with E-state index in [0.29, 0.717) is 29.5 Å². The van der Waals surface area contributed by atoms with E-state index in [1.54, 1.807) is 33.8 Å². The van der Waals surface area contributed by atoms with E-state index in [4.69, 9.17) is 29.2 Å². The molecule has 0 amide bonds. The lowest BCUT2D eigenvalue weighted by Gasteiger charge is -2.27. The molecule has 0 saturated heterocycles. The number of anilines is 1. The van der Waals surface area contributed by atoms with Crippen LogP contribution in [0.3, 0.4) is 0 Å². The van der Waals surface area contributed by atoms with Crippen LogP contribution < -0.4 is 15.3 Å². The second-order valence-corrected chi connectivity index (χ2v) is 12.5. The van der Waals surface area contributed by atoms with Crippen molar-refractivity contribution in [2.24, 2.45) is 0 Å². The first-order valence-electron chi connectivity index (χ1n) is 14.6. The van der Waals surface area contributed by atoms with Crippen LogP contribution in [0.2, 0.25) is 0 Å². The Balaban J connectivity index is 1.52. The number of nitrogen functional groups attached to an aromatic ring is 1. The zero-order valence-corrected chi connectivity index (χ0v) is 26.4. The summed E-state index contributed by atoms with van der Waals surface area (Å²) >= 11 is 0. The number of imidazole rings is 1. The van der Waals surface area contributed by atoms with E-state index < -0.39 is 25.9 Å². The minimum atomic E-state index is -4.18. The highest BCUT2D eigenvalue weighted by atomic mass is 31.2. The Morgan fingerprint density at radius 1 is 0.977 bits per heavy atom. The molecular formula is C32H38N5O6P. The SMILES string of the molecule is CCOCc1nc2c(N)nc3ccccc3c2n1C[C@H](C)O[P@@](=O)(N[C@@H](C)C(=O)OC(C)C)Oc1cccc2ccccc12. The molecule has 3 aromatic carbocycles. The molecule has 2 heterocycles. The number of pyridine rings is 1. The zero-order chi connectivity index (χ0) is 31.4. The number of ether oxygens (including phenoxy) is 2. The first kappa shape index (κ1) is 31.4. The van der Waals surface area contributed by atoms with Crippen LogP contribution >= 0.6 is 7.75 Å². The van der Waals surface area contributed by atoms with Gasteiger partial charge in [0.15, 0.2) is 5.82 Å². The molecule has 0 radical (unpaired) electrons. The van der Waals surface area contributed by atoms with Gasteiger partial charge in [-0.15, -0.1) is 0 Å². The summed E-state index contributed by atoms with van der Waals surface area (Å²) in [5, 5.41) is 5.32. The summed E-state index contributed by atoms with van der Waals surface area (Å²) in [4.78, 5) is 22.0. The number of esters is 1. The number of carbonyl (C=O) groups is 1. The third-order valence-corrected chi connectivity index (χ3v) is 8.69. The summed E-state index contributed by atoms with van der Waals surface area (Å²) in [5.41, 5.74) is 8.37. The number of fused-ring (bicyclic) bond motifs is 4. The van der Waals surface area contributed by atoms with Crippen molar-refractivity contribution in [3.8, 4) is 5.75 Å². The van der Waals surface area contributed by atoms with Crippen LogP contribution in [0.25, 0.3) is 32.7 Å². The number of carbonyl (C=O) groups excluding carboxylic acids is 1. The van der Waals surface area contributed by atoms with Gasteiger partial charge in [0.2, 0.25) is 0 Å². The van der Waals surface area contributed by atoms with Crippen molar-refractivity contribution in [2.45, 2.75) is 66.0 Å². The fraction of sp³-hybridized carbons (Fsp3) is 0.344. The number of para-hydroxylation sites is 1. The Bertz CT molecular complexity index is 1840. The Kier molecular flexibility index (Phi) is 9.51. The molecule has 5 rings (SSSR count). The van der Waals surface area contributed by atoms with E-state index in [0.717, 1.165) is 27.2 Å². The van der Waals surface area contributed by atoms with Crippen LogP contribution in [0.4, 0.5) is 5.82 Å². The molecule has 3 atom stereocenters. The summed E-state index contributed by atoms with van der Waals surface area (Å²) in [6, 6.07) is 19.7. The zero-order valence-electron chi connectivity index (χ0n) is 25.5. The summed E-state index contributed by atoms with van der Waals surface area (Å²) in [7, 11) is -4.18. The van der Waals surface area contributed by atoms with Gasteiger partial charge in [0, 0.05) is 17.4 Å². The topological polar surface area (TPSA) is 140 Å². The number of hydrogen-bond acceptors (Lipinski definition) is 9. The molecule has 232 valence electrons. The molecule has 0 spiro atoms. The third kappa shape index (κ3) is 6.87. The monoisotopic (exact) mass is 619 g/mol. The first-order valence-corrected chi connectivity index (χ1v) is 16.2. The molecule has 0 aliphatic heterocycles. The van der Waals surface area contributed by atoms with Crippen LogP contribution in [0, 0.1) is 0 Å². The number of rotatable bonds is 13. The first-order chi connectivity index (χ1) is 21.1. The number of benzene rings is 3. The van der Waals surface area contributed by atoms with E-state index in [-0.39, 0.29) is 19.3 Å². The Morgan fingerprint density at radius 3 is 2.43 bits per heavy atom. The van der Waals surface area contributed by atoms with Crippen LogP contribution in [0.5, 0.6) is 5.75 Å². The van der Waals surface area contributed by atoms with E-state index >= 15 is 0 Å². The molecular weight excluding hydrogens is 581 g/mol. The lowest BCUT2D eigenvalue weighted by Crippen LogP contribution is -2.37. The van der Waals surface area contributed by atoms with Gasteiger partial charge in [0.1, 0.15) is 29.7 Å². The van der Waals surface area contributed by atoms with Gasteiger partial charge in [-0.3, -0.25) is 9.32 Å². The van der Waals surface area contributed by atoms with Gasteiger partial charge in [-0.1, -0.05) is 54.6 Å². The number of nitrogens with two attached hydrogens (primary N) is 1. The average molecular weight is 620 g/mol. The molecule has 2 aromatic heterocycles. The third-order valence-electron chi connectivity index (χ3n) is 6.91. The predicted molar refractivity (Wildman–Crippen MR) is 171 cm³/mol. The Hall–Kier alpha value is -4.02. The van der Waals surface area contributed by atoms with E-state index in [1.807, 2.05) is 72.2 Å². The maximum atomic E-state index is 14.5. The van der Waals surface area contributed by atoms with Crippen LogP contribution in [-0.2, 0) is 36.5 Å². The predicted octanol–water partition coefficient (Wildman–Crippen LogP) is 6.38. The quantitative estimate of drug-likeness (QED) is 0.113. The smallest absolute Gasteiger partial charge is 0.459 e. The van der Waals surface area contributed by atoms with Gasteiger partial charge >= 0.3 is 13.7 Å². The minimum absolute atomic E-state index is 0.224. The molecule has 12 heteroatoms. The van der Waals surface area contributed by atoms with Crippen LogP contribution in [0.1, 0.15) is 40.4 Å². The summed E-state index contributed by atoms with van der Waals surface area (Å²) in [5.74, 6) is 0.694. The van der Waals surface area contributed by atoms with Crippen molar-refractivity contribution in [3.63, 3.8) is 0 Å². The number of hydrogen-bond donors (Lipinski definition) is 2. The second kappa shape index (κ2) is 13.3. The van der Waals surface area contributed by atoms with Crippen LogP contribution in [0.15, 0.2) is 66.7 Å². The lowest BCUT2D eigenvalue weighted by atomic mass is 10.1. The van der Waals surface area contributed by atoms with Crippen LogP contribution in [-0.4, -0.2) is 45.4 Å². The molecule has 0 fully saturated rings. The number of nitrogens with zero attached hydrogens (tertiary/aromatic N) is 3. The molecule has 0 aliphatic carbocycles. The molecule has 3 N–H and O–H groups in total.